The summed E-state index contributed by atoms with van der Waals surface area (Å²) < 4.78 is 14.1. The van der Waals surface area contributed by atoms with E-state index in [0.29, 0.717) is 27.4 Å². The van der Waals surface area contributed by atoms with E-state index >= 15 is 0 Å². The van der Waals surface area contributed by atoms with Crippen molar-refractivity contribution >= 4 is 28.7 Å². The fraction of sp³-hybridized carbons (Fsp3) is 0.0625. The number of thiophene rings is 1. The van der Waals surface area contributed by atoms with Crippen LogP contribution in [0, 0.1) is 5.13 Å². The lowest BCUT2D eigenvalue weighted by atomic mass is 10.1. The Bertz CT molecular complexity index is 820. The van der Waals surface area contributed by atoms with E-state index in [4.69, 9.17) is 11.6 Å². The molecule has 2 aromatic heterocycles. The van der Waals surface area contributed by atoms with E-state index in [-0.39, 0.29) is 10.9 Å². The summed E-state index contributed by atoms with van der Waals surface area (Å²) in [7, 11) is 0. The molecule has 0 saturated heterocycles. The Balaban J connectivity index is 1.86. The first-order valence-electron chi connectivity index (χ1n) is 6.46. The van der Waals surface area contributed by atoms with Crippen LogP contribution in [0.3, 0.4) is 0 Å². The van der Waals surface area contributed by atoms with Gasteiger partial charge < -0.3 is 0 Å². The maximum absolute atomic E-state index is 14.1. The van der Waals surface area contributed by atoms with Gasteiger partial charge in [-0.3, -0.25) is 4.79 Å². The average molecular weight is 333 g/mol. The normalized spacial score (nSPS) is 10.6. The van der Waals surface area contributed by atoms with Crippen LogP contribution in [-0.4, -0.2) is 15.8 Å². The highest BCUT2D eigenvalue weighted by molar-refractivity contribution is 7.12. The molecular weight excluding hydrogens is 323 g/mol. The highest BCUT2D eigenvalue weighted by Gasteiger charge is 2.17. The van der Waals surface area contributed by atoms with Crippen LogP contribution in [-0.2, 0) is 6.42 Å². The van der Waals surface area contributed by atoms with Gasteiger partial charge in [-0.05, 0) is 23.8 Å². The van der Waals surface area contributed by atoms with Gasteiger partial charge >= 0.3 is 0 Å². The number of halogens is 2. The van der Waals surface area contributed by atoms with Gasteiger partial charge in [0.1, 0.15) is 6.33 Å². The maximum Gasteiger partial charge on any atom is 0.206 e. The minimum absolute atomic E-state index is 0.276. The zero-order chi connectivity index (χ0) is 15.5. The van der Waals surface area contributed by atoms with Crippen molar-refractivity contribution in [1.29, 1.82) is 0 Å². The minimum atomic E-state index is -0.361. The summed E-state index contributed by atoms with van der Waals surface area (Å²) in [6, 6.07) is 8.81. The largest absolute Gasteiger partial charge is 0.288 e. The van der Waals surface area contributed by atoms with Crippen molar-refractivity contribution in [2.45, 2.75) is 6.42 Å². The van der Waals surface area contributed by atoms with Gasteiger partial charge in [-0.2, -0.15) is 4.39 Å². The molecule has 0 bridgehead atoms. The summed E-state index contributed by atoms with van der Waals surface area (Å²) in [4.78, 5) is 20.2. The molecule has 0 atom stereocenters. The first-order valence-corrected chi connectivity index (χ1v) is 7.65. The number of rotatable bonds is 4. The third kappa shape index (κ3) is 3.21. The molecule has 0 amide bonds. The highest BCUT2D eigenvalue weighted by Crippen LogP contribution is 2.26. The first kappa shape index (κ1) is 14.8. The second-order valence-electron chi connectivity index (χ2n) is 4.67. The van der Waals surface area contributed by atoms with Crippen LogP contribution in [0.25, 0.3) is 0 Å². The quantitative estimate of drug-likeness (QED) is 0.674. The molecule has 0 aliphatic rings. The van der Waals surface area contributed by atoms with Crippen LogP contribution in [0.5, 0.6) is 0 Å². The van der Waals surface area contributed by atoms with E-state index in [1.54, 1.807) is 18.2 Å². The van der Waals surface area contributed by atoms with Gasteiger partial charge in [0.2, 0.25) is 5.78 Å². The predicted molar refractivity (Wildman–Crippen MR) is 84.0 cm³/mol. The lowest BCUT2D eigenvalue weighted by Gasteiger charge is -2.00. The van der Waals surface area contributed by atoms with Gasteiger partial charge in [0.05, 0.1) is 10.4 Å². The second-order valence-corrected chi connectivity index (χ2v) is 6.11. The second kappa shape index (κ2) is 6.34. The molecule has 0 saturated carbocycles. The Hall–Kier alpha value is -2.11. The number of hydrogen-bond donors (Lipinski definition) is 0. The van der Waals surface area contributed by atoms with Crippen molar-refractivity contribution in [3.05, 3.63) is 80.8 Å². The summed E-state index contributed by atoms with van der Waals surface area (Å²) in [6.45, 7) is 0. The lowest BCUT2D eigenvalue weighted by molar-refractivity contribution is 0.104. The zero-order valence-electron chi connectivity index (χ0n) is 11.3. The molecule has 0 spiro atoms. The van der Waals surface area contributed by atoms with Crippen molar-refractivity contribution in [2.75, 3.05) is 0 Å². The highest BCUT2D eigenvalue weighted by atomic mass is 35.5. The molecule has 110 valence electrons. The van der Waals surface area contributed by atoms with E-state index in [1.165, 1.54) is 18.7 Å². The van der Waals surface area contributed by atoms with E-state index in [9.17, 15) is 9.18 Å². The summed E-state index contributed by atoms with van der Waals surface area (Å²) in [6.07, 6.45) is 4.57. The van der Waals surface area contributed by atoms with Gasteiger partial charge in [-0.25, -0.2) is 9.97 Å². The summed E-state index contributed by atoms with van der Waals surface area (Å²) in [5, 5.41) is 0.242. The van der Waals surface area contributed by atoms with Gasteiger partial charge in [0.25, 0.3) is 0 Å². The molecule has 22 heavy (non-hydrogen) atoms. The van der Waals surface area contributed by atoms with Crippen molar-refractivity contribution in [1.82, 2.24) is 9.97 Å². The van der Waals surface area contributed by atoms with Crippen molar-refractivity contribution in [3.8, 4) is 0 Å². The maximum atomic E-state index is 14.1. The van der Waals surface area contributed by atoms with Crippen molar-refractivity contribution < 1.29 is 9.18 Å². The van der Waals surface area contributed by atoms with E-state index < -0.39 is 0 Å². The van der Waals surface area contributed by atoms with Gasteiger partial charge in [0.15, 0.2) is 5.13 Å². The van der Waals surface area contributed by atoms with Gasteiger partial charge in [-0.1, -0.05) is 23.7 Å². The molecular formula is C16H10ClFN2OS. The van der Waals surface area contributed by atoms with Crippen LogP contribution in [0.2, 0.25) is 5.02 Å². The molecule has 0 radical (unpaired) electrons. The molecule has 0 N–H and O–H groups in total. The Morgan fingerprint density at radius 2 is 2.00 bits per heavy atom. The number of nitrogens with zero attached hydrogens (tertiary/aromatic N) is 2. The summed E-state index contributed by atoms with van der Waals surface area (Å²) in [5.74, 6) is -0.276. The topological polar surface area (TPSA) is 42.9 Å². The fourth-order valence-electron chi connectivity index (χ4n) is 2.06. The minimum Gasteiger partial charge on any atom is -0.288 e. The third-order valence-corrected chi connectivity index (χ3v) is 4.29. The molecule has 0 unspecified atom stereocenters. The number of benzene rings is 1. The lowest BCUT2D eigenvalue weighted by Crippen LogP contribution is -1.99. The van der Waals surface area contributed by atoms with Crippen LogP contribution < -0.4 is 0 Å². The van der Waals surface area contributed by atoms with Gasteiger partial charge in [0, 0.05) is 29.4 Å². The molecule has 0 aliphatic heterocycles. The number of carbonyl (C=O) groups excluding carboxylic acids is 1. The predicted octanol–water partition coefficient (Wildman–Crippen LogP) is 4.15. The summed E-state index contributed by atoms with van der Waals surface area (Å²) in [5.41, 5.74) is 1.72. The molecule has 2 heterocycles. The summed E-state index contributed by atoms with van der Waals surface area (Å²) >= 11 is 6.76. The molecule has 3 nitrogen and oxygen atoms in total. The zero-order valence-corrected chi connectivity index (χ0v) is 12.9. The number of hydrogen-bond acceptors (Lipinski definition) is 4. The van der Waals surface area contributed by atoms with Crippen molar-refractivity contribution in [3.63, 3.8) is 0 Å². The number of aromatic nitrogens is 2. The Kier molecular flexibility index (Phi) is 4.27. The standard InChI is InChI=1S/C16H10ClFN2OS/c17-13-3-1-2-10(5-13)4-11-6-14(22-16(11)18)15(21)12-7-19-9-20-8-12/h1-3,5-9H,4H2. The Morgan fingerprint density at radius 3 is 2.73 bits per heavy atom. The Morgan fingerprint density at radius 1 is 1.23 bits per heavy atom. The van der Waals surface area contributed by atoms with E-state index in [1.807, 2.05) is 12.1 Å². The van der Waals surface area contributed by atoms with Crippen LogP contribution in [0.4, 0.5) is 4.39 Å². The molecule has 3 rings (SSSR count). The van der Waals surface area contributed by atoms with Crippen LogP contribution in [0.1, 0.15) is 26.4 Å². The monoisotopic (exact) mass is 332 g/mol. The van der Waals surface area contributed by atoms with E-state index in [2.05, 4.69) is 9.97 Å². The molecule has 0 fully saturated rings. The molecule has 3 aromatic rings. The number of carbonyl (C=O) groups is 1. The fourth-order valence-corrected chi connectivity index (χ4v) is 3.14. The third-order valence-electron chi connectivity index (χ3n) is 3.09. The smallest absolute Gasteiger partial charge is 0.206 e. The van der Waals surface area contributed by atoms with E-state index in [0.717, 1.165) is 16.9 Å². The molecule has 0 aliphatic carbocycles. The number of ketones is 1. The molecule has 1 aromatic carbocycles. The first-order chi connectivity index (χ1) is 10.6. The van der Waals surface area contributed by atoms with Crippen molar-refractivity contribution in [2.24, 2.45) is 0 Å². The Labute approximate surface area is 135 Å². The van der Waals surface area contributed by atoms with Crippen LogP contribution in [0.15, 0.2) is 49.1 Å². The molecule has 6 heteroatoms. The average Bonchev–Trinajstić information content (AvgIpc) is 2.88. The SMILES string of the molecule is O=C(c1cncnc1)c1cc(Cc2cccc(Cl)c2)c(F)s1. The van der Waals surface area contributed by atoms with Crippen LogP contribution >= 0.6 is 22.9 Å². The van der Waals surface area contributed by atoms with Gasteiger partial charge in [-0.15, -0.1) is 11.3 Å².